The molecule has 2 fully saturated rings. The zero-order valence-corrected chi connectivity index (χ0v) is 11.2. The maximum Gasteiger partial charge on any atom is 0.199 e. The first kappa shape index (κ1) is 11.0. The summed E-state index contributed by atoms with van der Waals surface area (Å²) < 4.78 is 6.03. The van der Waals surface area contributed by atoms with E-state index in [4.69, 9.17) is 4.74 Å². The van der Waals surface area contributed by atoms with Crippen molar-refractivity contribution in [2.24, 2.45) is 11.8 Å². The lowest BCUT2D eigenvalue weighted by Crippen LogP contribution is -2.57. The Morgan fingerprint density at radius 1 is 1.05 bits per heavy atom. The van der Waals surface area contributed by atoms with E-state index in [1.807, 2.05) is 12.1 Å². The molecule has 0 unspecified atom stereocenters. The van der Waals surface area contributed by atoms with Crippen molar-refractivity contribution in [3.8, 4) is 0 Å². The number of Topliss-reactive ketones (excluding diaryl/α,β-unsaturated/α-hetero) is 2. The van der Waals surface area contributed by atoms with Crippen LogP contribution in [-0.2, 0) is 4.74 Å². The Balaban J connectivity index is 1.83. The molecule has 6 rings (SSSR count). The lowest BCUT2D eigenvalue weighted by Gasteiger charge is -2.42. The van der Waals surface area contributed by atoms with E-state index < -0.39 is 11.2 Å². The second-order valence-corrected chi connectivity index (χ2v) is 6.42. The molecule has 1 aromatic rings. The molecule has 0 N–H and O–H groups in total. The van der Waals surface area contributed by atoms with Crippen molar-refractivity contribution < 1.29 is 14.3 Å². The summed E-state index contributed by atoms with van der Waals surface area (Å²) in [6.07, 6.45) is 4.07. The van der Waals surface area contributed by atoms with Gasteiger partial charge >= 0.3 is 0 Å². The van der Waals surface area contributed by atoms with Gasteiger partial charge in [-0.3, -0.25) is 9.59 Å². The van der Waals surface area contributed by atoms with Crippen molar-refractivity contribution in [3.63, 3.8) is 0 Å². The van der Waals surface area contributed by atoms with Crippen molar-refractivity contribution in [1.29, 1.82) is 0 Å². The van der Waals surface area contributed by atoms with Crippen LogP contribution in [0.5, 0.6) is 0 Å². The second-order valence-electron chi connectivity index (χ2n) is 6.42. The summed E-state index contributed by atoms with van der Waals surface area (Å²) >= 11 is 0. The molecule has 4 atom stereocenters. The lowest BCUT2D eigenvalue weighted by molar-refractivity contribution is 0.0725. The predicted octanol–water partition coefficient (Wildman–Crippen LogP) is 2.56. The first-order chi connectivity index (χ1) is 9.63. The van der Waals surface area contributed by atoms with Gasteiger partial charge in [0.2, 0.25) is 0 Å². The minimum Gasteiger partial charge on any atom is -0.344 e. The largest absolute Gasteiger partial charge is 0.344 e. The highest BCUT2D eigenvalue weighted by Gasteiger charge is 2.87. The number of hydrogen-bond donors (Lipinski definition) is 0. The minimum absolute atomic E-state index is 0.0196. The quantitative estimate of drug-likeness (QED) is 0.535. The number of carbonyl (C=O) groups excluding carboxylic acids is 2. The Morgan fingerprint density at radius 2 is 1.70 bits per heavy atom. The standard InChI is InChI=1S/C17H14O3/c1-9-8-10-6-7-13(9)17-15(19)12-5-3-2-4-11(12)14(18)16(10,17)20-17/h2-5,8,10,13H,6-7H2,1H3/t10-,13-,16-,17+/m1/s1. The van der Waals surface area contributed by atoms with Crippen LogP contribution in [0.25, 0.3) is 0 Å². The number of fused-ring (bicyclic) bond motifs is 2. The molecule has 2 bridgehead atoms. The Kier molecular flexibility index (Phi) is 1.63. The number of ketones is 2. The van der Waals surface area contributed by atoms with E-state index in [9.17, 15) is 9.59 Å². The van der Waals surface area contributed by atoms with Gasteiger partial charge in [0.25, 0.3) is 0 Å². The maximum atomic E-state index is 13.0. The first-order valence-corrected chi connectivity index (χ1v) is 7.20. The summed E-state index contributed by atoms with van der Waals surface area (Å²) in [4.78, 5) is 25.9. The lowest BCUT2D eigenvalue weighted by atomic mass is 9.54. The van der Waals surface area contributed by atoms with Crippen LogP contribution in [-0.4, -0.2) is 22.8 Å². The fourth-order valence-corrected chi connectivity index (χ4v) is 4.88. The average Bonchev–Trinajstić information content (AvgIpc) is 3.20. The molecule has 20 heavy (non-hydrogen) atoms. The third-order valence-electron chi connectivity index (χ3n) is 5.72. The zero-order valence-electron chi connectivity index (χ0n) is 11.2. The highest BCUT2D eigenvalue weighted by Crippen LogP contribution is 2.71. The fraction of sp³-hybridized carbons (Fsp3) is 0.412. The Hall–Kier alpha value is -1.74. The molecular weight excluding hydrogens is 252 g/mol. The number of hydrogen-bond acceptors (Lipinski definition) is 3. The van der Waals surface area contributed by atoms with E-state index >= 15 is 0 Å². The van der Waals surface area contributed by atoms with Gasteiger partial charge in [0.1, 0.15) is 0 Å². The molecule has 4 aliphatic carbocycles. The van der Waals surface area contributed by atoms with Gasteiger partial charge in [-0.15, -0.1) is 0 Å². The van der Waals surface area contributed by atoms with E-state index in [0.717, 1.165) is 12.8 Å². The van der Waals surface area contributed by atoms with E-state index in [1.54, 1.807) is 12.1 Å². The van der Waals surface area contributed by atoms with Crippen molar-refractivity contribution in [3.05, 3.63) is 47.0 Å². The number of epoxide rings is 1. The van der Waals surface area contributed by atoms with Crippen LogP contribution in [0, 0.1) is 11.8 Å². The van der Waals surface area contributed by atoms with Crippen LogP contribution in [0.2, 0.25) is 0 Å². The molecule has 1 aromatic carbocycles. The van der Waals surface area contributed by atoms with Gasteiger partial charge in [0.05, 0.1) is 0 Å². The smallest absolute Gasteiger partial charge is 0.199 e. The number of benzene rings is 1. The van der Waals surface area contributed by atoms with Gasteiger partial charge in [-0.05, 0) is 19.8 Å². The van der Waals surface area contributed by atoms with Crippen molar-refractivity contribution in [2.75, 3.05) is 0 Å². The summed E-state index contributed by atoms with van der Waals surface area (Å²) in [5, 5.41) is 0. The summed E-state index contributed by atoms with van der Waals surface area (Å²) in [6, 6.07) is 7.16. The zero-order chi connectivity index (χ0) is 13.7. The fourth-order valence-electron chi connectivity index (χ4n) is 4.88. The highest BCUT2D eigenvalue weighted by atomic mass is 16.6. The van der Waals surface area contributed by atoms with Crippen LogP contribution in [0.15, 0.2) is 35.9 Å². The first-order valence-electron chi connectivity index (χ1n) is 7.20. The molecule has 3 heteroatoms. The van der Waals surface area contributed by atoms with E-state index in [0.29, 0.717) is 11.1 Å². The molecule has 0 aromatic heterocycles. The Bertz CT molecular complexity index is 732. The van der Waals surface area contributed by atoms with Crippen molar-refractivity contribution in [1.82, 2.24) is 0 Å². The van der Waals surface area contributed by atoms with E-state index in [1.165, 1.54) is 5.57 Å². The molecule has 1 saturated carbocycles. The SMILES string of the molecule is CC1=C[C@H]2CC[C@H]1[C@@]13O[C@@]21C(=O)c1ccccc1C3=O. The highest BCUT2D eigenvalue weighted by molar-refractivity contribution is 6.26. The maximum absolute atomic E-state index is 13.0. The summed E-state index contributed by atoms with van der Waals surface area (Å²) in [7, 11) is 0. The van der Waals surface area contributed by atoms with Gasteiger partial charge in [0.15, 0.2) is 22.8 Å². The van der Waals surface area contributed by atoms with E-state index in [-0.39, 0.29) is 23.4 Å². The monoisotopic (exact) mass is 266 g/mol. The van der Waals surface area contributed by atoms with Crippen LogP contribution in [0.4, 0.5) is 0 Å². The van der Waals surface area contributed by atoms with Gasteiger partial charge in [-0.1, -0.05) is 35.9 Å². The summed E-state index contributed by atoms with van der Waals surface area (Å²) in [5.41, 5.74) is 0.561. The van der Waals surface area contributed by atoms with Gasteiger partial charge in [-0.2, -0.15) is 0 Å². The molecule has 0 amide bonds. The number of rotatable bonds is 0. The summed E-state index contributed by atoms with van der Waals surface area (Å²) in [5.74, 6) is 0.190. The van der Waals surface area contributed by atoms with Gasteiger partial charge < -0.3 is 4.74 Å². The third kappa shape index (κ3) is 0.837. The van der Waals surface area contributed by atoms with Crippen LogP contribution in [0.1, 0.15) is 40.5 Å². The predicted molar refractivity (Wildman–Crippen MR) is 71.6 cm³/mol. The summed E-state index contributed by atoms with van der Waals surface area (Å²) in [6.45, 7) is 2.06. The number of carbonyl (C=O) groups is 2. The molecule has 1 saturated heterocycles. The molecule has 1 heterocycles. The van der Waals surface area contributed by atoms with Crippen molar-refractivity contribution >= 4 is 11.6 Å². The Labute approximate surface area is 116 Å². The van der Waals surface area contributed by atoms with E-state index in [2.05, 4.69) is 13.0 Å². The van der Waals surface area contributed by atoms with Crippen molar-refractivity contribution in [2.45, 2.75) is 31.0 Å². The molecule has 100 valence electrons. The normalized spacial score (nSPS) is 43.5. The number of ether oxygens (including phenoxy) is 1. The minimum atomic E-state index is -0.875. The molecule has 5 aliphatic rings. The van der Waals surface area contributed by atoms with Gasteiger partial charge in [-0.25, -0.2) is 0 Å². The van der Waals surface area contributed by atoms with Crippen LogP contribution < -0.4 is 0 Å². The van der Waals surface area contributed by atoms with Crippen LogP contribution >= 0.6 is 0 Å². The van der Waals surface area contributed by atoms with Crippen LogP contribution in [0.3, 0.4) is 0 Å². The Morgan fingerprint density at radius 3 is 2.35 bits per heavy atom. The average molecular weight is 266 g/mol. The topological polar surface area (TPSA) is 46.7 Å². The van der Waals surface area contributed by atoms with Gasteiger partial charge in [0, 0.05) is 23.0 Å². The second kappa shape index (κ2) is 2.96. The molecule has 0 spiro atoms. The molecule has 0 radical (unpaired) electrons. The third-order valence-corrected chi connectivity index (χ3v) is 5.72. The molecule has 1 aliphatic heterocycles. The molecular formula is C17H14O3. The molecule has 3 nitrogen and oxygen atoms in total.